The quantitative estimate of drug-likeness (QED) is 0.364. The number of benzene rings is 1. The molecule has 1 aromatic carbocycles. The Morgan fingerprint density at radius 1 is 1.26 bits per heavy atom. The normalized spacial score (nSPS) is 18.0. The number of rotatable bonds is 7. The average Bonchev–Trinajstić information content (AvgIpc) is 3.41. The number of aliphatic hydroxyl groups is 2. The molecule has 0 aliphatic heterocycles. The van der Waals surface area contributed by atoms with Crippen LogP contribution < -0.4 is 5.32 Å². The lowest BCUT2D eigenvalue weighted by Gasteiger charge is -2.31. The Morgan fingerprint density at radius 3 is 2.77 bits per heavy atom. The number of anilines is 1. The fourth-order valence-corrected chi connectivity index (χ4v) is 4.57. The summed E-state index contributed by atoms with van der Waals surface area (Å²) in [5.74, 6) is 0.492. The van der Waals surface area contributed by atoms with E-state index in [0.29, 0.717) is 23.1 Å². The minimum Gasteiger partial charge on any atom is -0.444 e. The largest absolute Gasteiger partial charge is 0.444 e. The van der Waals surface area contributed by atoms with Crippen LogP contribution in [0, 0.1) is 12.8 Å². The minimum atomic E-state index is -1.21. The van der Waals surface area contributed by atoms with Crippen molar-refractivity contribution in [2.45, 2.75) is 58.2 Å². The zero-order chi connectivity index (χ0) is 24.7. The van der Waals surface area contributed by atoms with Crippen molar-refractivity contribution >= 4 is 17.1 Å². The smallest absolute Gasteiger partial charge is 0.277 e. The van der Waals surface area contributed by atoms with Crippen LogP contribution in [0.25, 0.3) is 17.0 Å². The molecular weight excluding hydrogens is 444 g/mol. The van der Waals surface area contributed by atoms with Crippen LogP contribution in [-0.4, -0.2) is 36.8 Å². The van der Waals surface area contributed by atoms with Crippen LogP contribution in [-0.2, 0) is 12.0 Å². The third kappa shape index (κ3) is 4.99. The molecule has 0 unspecified atom stereocenters. The van der Waals surface area contributed by atoms with Crippen molar-refractivity contribution in [3.05, 3.63) is 71.4 Å². The second-order valence-electron chi connectivity index (χ2n) is 10.1. The van der Waals surface area contributed by atoms with E-state index in [0.717, 1.165) is 48.0 Å². The van der Waals surface area contributed by atoms with Gasteiger partial charge in [-0.25, -0.2) is 9.50 Å². The van der Waals surface area contributed by atoms with E-state index in [9.17, 15) is 15.0 Å². The molecule has 1 aliphatic carbocycles. The molecule has 0 bridgehead atoms. The van der Waals surface area contributed by atoms with Gasteiger partial charge in [-0.3, -0.25) is 4.79 Å². The van der Waals surface area contributed by atoms with Crippen molar-refractivity contribution in [3.8, 4) is 11.5 Å². The van der Waals surface area contributed by atoms with E-state index in [-0.39, 0.29) is 11.8 Å². The van der Waals surface area contributed by atoms with Gasteiger partial charge in [-0.15, -0.1) is 0 Å². The predicted octanol–water partition coefficient (Wildman–Crippen LogP) is 4.48. The number of aryl methyl sites for hydroxylation is 2. The topological polar surface area (TPSA) is 113 Å². The summed E-state index contributed by atoms with van der Waals surface area (Å²) in [6.07, 6.45) is 6.46. The Balaban J connectivity index is 1.38. The average molecular weight is 475 g/mol. The van der Waals surface area contributed by atoms with Crippen LogP contribution in [0.1, 0.15) is 60.4 Å². The van der Waals surface area contributed by atoms with E-state index in [1.165, 1.54) is 6.26 Å². The molecule has 3 N–H and O–H groups in total. The SMILES string of the molecule is Cc1cccc(-c2nc(C(=O)Nc3cc4cc(CCC5CC(O)C5)nn4cc3C(C)(C)O)co2)c1. The summed E-state index contributed by atoms with van der Waals surface area (Å²) in [5.41, 5.74) is 3.60. The molecule has 35 heavy (non-hydrogen) atoms. The van der Waals surface area contributed by atoms with E-state index in [1.807, 2.05) is 43.3 Å². The number of carbonyl (C=O) groups is 1. The summed E-state index contributed by atoms with van der Waals surface area (Å²) < 4.78 is 7.29. The number of nitrogens with zero attached hydrogens (tertiary/aromatic N) is 3. The van der Waals surface area contributed by atoms with Crippen molar-refractivity contribution in [1.29, 1.82) is 0 Å². The summed E-state index contributed by atoms with van der Waals surface area (Å²) in [6, 6.07) is 11.5. The van der Waals surface area contributed by atoms with Crippen LogP contribution in [0.5, 0.6) is 0 Å². The maximum Gasteiger partial charge on any atom is 0.277 e. The van der Waals surface area contributed by atoms with Gasteiger partial charge in [0.05, 0.1) is 28.6 Å². The van der Waals surface area contributed by atoms with Gasteiger partial charge in [0, 0.05) is 17.3 Å². The first-order chi connectivity index (χ1) is 16.7. The molecule has 1 saturated carbocycles. The Labute approximate surface area is 203 Å². The number of oxazole rings is 1. The molecule has 0 radical (unpaired) electrons. The van der Waals surface area contributed by atoms with Crippen LogP contribution in [0.3, 0.4) is 0 Å². The third-order valence-corrected chi connectivity index (χ3v) is 6.58. The number of nitrogens with one attached hydrogen (secondary N) is 1. The Bertz CT molecular complexity index is 1380. The molecule has 1 aliphatic rings. The molecule has 5 rings (SSSR count). The van der Waals surface area contributed by atoms with Crippen molar-refractivity contribution < 1.29 is 19.4 Å². The van der Waals surface area contributed by atoms with E-state index in [2.05, 4.69) is 15.4 Å². The monoisotopic (exact) mass is 474 g/mol. The van der Waals surface area contributed by atoms with Gasteiger partial charge in [0.2, 0.25) is 5.89 Å². The Hall–Kier alpha value is -3.49. The van der Waals surface area contributed by atoms with Crippen LogP contribution in [0.4, 0.5) is 5.69 Å². The fourth-order valence-electron chi connectivity index (χ4n) is 4.57. The van der Waals surface area contributed by atoms with Gasteiger partial charge in [-0.05, 0) is 76.6 Å². The number of fused-ring (bicyclic) bond motifs is 1. The highest BCUT2D eigenvalue weighted by Crippen LogP contribution is 2.32. The first-order valence-electron chi connectivity index (χ1n) is 11.9. The lowest BCUT2D eigenvalue weighted by Crippen LogP contribution is -2.28. The molecule has 0 saturated heterocycles. The van der Waals surface area contributed by atoms with E-state index in [4.69, 9.17) is 4.42 Å². The first-order valence-corrected chi connectivity index (χ1v) is 11.9. The zero-order valence-corrected chi connectivity index (χ0v) is 20.2. The molecule has 0 spiro atoms. The number of hydrogen-bond donors (Lipinski definition) is 3. The van der Waals surface area contributed by atoms with Gasteiger partial charge in [-0.1, -0.05) is 17.7 Å². The predicted molar refractivity (Wildman–Crippen MR) is 132 cm³/mol. The maximum absolute atomic E-state index is 13.0. The highest BCUT2D eigenvalue weighted by atomic mass is 16.3. The summed E-state index contributed by atoms with van der Waals surface area (Å²) in [4.78, 5) is 17.4. The number of carbonyl (C=O) groups excluding carboxylic acids is 1. The lowest BCUT2D eigenvalue weighted by atomic mass is 9.79. The van der Waals surface area contributed by atoms with E-state index >= 15 is 0 Å². The maximum atomic E-state index is 13.0. The van der Waals surface area contributed by atoms with Crippen LogP contribution in [0.2, 0.25) is 0 Å². The summed E-state index contributed by atoms with van der Waals surface area (Å²) in [5, 5.41) is 27.8. The molecule has 0 atom stereocenters. The van der Waals surface area contributed by atoms with Crippen molar-refractivity contribution in [3.63, 3.8) is 0 Å². The molecule has 3 heterocycles. The Kier molecular flexibility index (Phi) is 5.94. The van der Waals surface area contributed by atoms with E-state index in [1.54, 1.807) is 24.6 Å². The standard InChI is InChI=1S/C27H30N4O4/c1-16-5-4-6-18(9-16)26-29-24(15-35-26)25(33)28-23-13-20-12-19(8-7-17-10-21(32)11-17)30-31(20)14-22(23)27(2,3)34/h4-6,9,12-15,17,21,32,34H,7-8,10-11H2,1-3H3,(H,28,33). The van der Waals surface area contributed by atoms with Crippen molar-refractivity contribution in [1.82, 2.24) is 14.6 Å². The summed E-state index contributed by atoms with van der Waals surface area (Å²) >= 11 is 0. The number of pyridine rings is 1. The van der Waals surface area contributed by atoms with Crippen LogP contribution in [0.15, 0.2) is 53.3 Å². The van der Waals surface area contributed by atoms with Crippen LogP contribution >= 0.6 is 0 Å². The number of amides is 1. The van der Waals surface area contributed by atoms with Gasteiger partial charge < -0.3 is 19.9 Å². The van der Waals surface area contributed by atoms with Gasteiger partial charge in [-0.2, -0.15) is 5.10 Å². The van der Waals surface area contributed by atoms with Gasteiger partial charge in [0.25, 0.3) is 5.91 Å². The third-order valence-electron chi connectivity index (χ3n) is 6.58. The molecule has 1 fully saturated rings. The molecule has 8 nitrogen and oxygen atoms in total. The second-order valence-corrected chi connectivity index (χ2v) is 10.1. The molecule has 182 valence electrons. The summed E-state index contributed by atoms with van der Waals surface area (Å²) in [6.45, 7) is 5.32. The number of hydrogen-bond acceptors (Lipinski definition) is 6. The lowest BCUT2D eigenvalue weighted by molar-refractivity contribution is 0.0392. The van der Waals surface area contributed by atoms with Gasteiger partial charge in [0.15, 0.2) is 5.69 Å². The van der Waals surface area contributed by atoms with Gasteiger partial charge in [0.1, 0.15) is 6.26 Å². The fraction of sp³-hybridized carbons (Fsp3) is 0.370. The number of aliphatic hydroxyl groups excluding tert-OH is 1. The van der Waals surface area contributed by atoms with Crippen molar-refractivity contribution in [2.24, 2.45) is 5.92 Å². The number of aromatic nitrogens is 3. The molecule has 3 aromatic heterocycles. The van der Waals surface area contributed by atoms with Crippen molar-refractivity contribution in [2.75, 3.05) is 5.32 Å². The van der Waals surface area contributed by atoms with E-state index < -0.39 is 11.5 Å². The second kappa shape index (κ2) is 8.94. The highest BCUT2D eigenvalue weighted by Gasteiger charge is 2.27. The summed E-state index contributed by atoms with van der Waals surface area (Å²) in [7, 11) is 0. The minimum absolute atomic E-state index is 0.153. The zero-order valence-electron chi connectivity index (χ0n) is 20.2. The molecule has 1 amide bonds. The molecule has 8 heteroatoms. The first kappa shape index (κ1) is 23.3. The Morgan fingerprint density at radius 2 is 2.06 bits per heavy atom. The highest BCUT2D eigenvalue weighted by molar-refractivity contribution is 6.03. The van der Waals surface area contributed by atoms with Gasteiger partial charge >= 0.3 is 0 Å². The molecule has 4 aromatic rings. The molecular formula is C27H30N4O4.